The monoisotopic (exact) mass is 254 g/mol. The molecule has 0 amide bonds. The first-order valence-corrected chi connectivity index (χ1v) is 6.72. The second kappa shape index (κ2) is 5.04. The molecule has 0 spiro atoms. The molecule has 1 aliphatic heterocycles. The molecule has 0 radical (unpaired) electrons. The molecule has 4 heteroatoms. The second-order valence-electron chi connectivity index (χ2n) is 5.22. The Kier molecular flexibility index (Phi) is 3.24. The van der Waals surface area contributed by atoms with Crippen LogP contribution in [-0.2, 0) is 6.54 Å². The van der Waals surface area contributed by atoms with Crippen LogP contribution in [0.1, 0.15) is 18.1 Å². The highest BCUT2D eigenvalue weighted by molar-refractivity contribution is 5.65. The highest BCUT2D eigenvalue weighted by Gasteiger charge is 2.18. The van der Waals surface area contributed by atoms with Gasteiger partial charge in [-0.05, 0) is 19.1 Å². The van der Waals surface area contributed by atoms with Crippen LogP contribution in [-0.4, -0.2) is 35.0 Å². The fourth-order valence-electron chi connectivity index (χ4n) is 2.82. The van der Waals surface area contributed by atoms with Crippen molar-refractivity contribution < 1.29 is 0 Å². The quantitative estimate of drug-likeness (QED) is 0.885. The number of rotatable bonds is 2. The maximum absolute atomic E-state index is 9.39. The Morgan fingerprint density at radius 3 is 3.16 bits per heavy atom. The Morgan fingerprint density at radius 2 is 2.37 bits per heavy atom. The minimum atomic E-state index is 0.524. The number of piperazine rings is 1. The Labute approximate surface area is 113 Å². The molecule has 1 saturated heterocycles. The maximum atomic E-state index is 9.39. The number of hydrogen-bond acceptors (Lipinski definition) is 3. The lowest BCUT2D eigenvalue weighted by Crippen LogP contribution is -2.48. The normalized spacial score (nSPS) is 20.5. The molecule has 4 nitrogen and oxygen atoms in total. The number of nitrogens with one attached hydrogen (secondary N) is 1. The van der Waals surface area contributed by atoms with E-state index in [1.807, 2.05) is 28.8 Å². The Morgan fingerprint density at radius 1 is 1.47 bits per heavy atom. The van der Waals surface area contributed by atoms with Crippen LogP contribution in [0.5, 0.6) is 0 Å². The fourth-order valence-corrected chi connectivity index (χ4v) is 2.82. The summed E-state index contributed by atoms with van der Waals surface area (Å²) in [6, 6.07) is 8.85. The summed E-state index contributed by atoms with van der Waals surface area (Å²) < 4.78 is 2.04. The summed E-state index contributed by atoms with van der Waals surface area (Å²) in [4.78, 5) is 2.41. The van der Waals surface area contributed by atoms with Crippen molar-refractivity contribution in [3.8, 4) is 6.07 Å². The SMILES string of the molecule is CC1CN(Cc2cn3ccccc3c2C#N)CCN1. The number of pyridine rings is 1. The van der Waals surface area contributed by atoms with Gasteiger partial charge in [-0.1, -0.05) is 6.07 Å². The van der Waals surface area contributed by atoms with Crippen molar-refractivity contribution in [1.82, 2.24) is 14.6 Å². The zero-order chi connectivity index (χ0) is 13.2. The number of fused-ring (bicyclic) bond motifs is 1. The van der Waals surface area contributed by atoms with Gasteiger partial charge in [0.1, 0.15) is 6.07 Å². The molecule has 1 atom stereocenters. The standard InChI is InChI=1S/C15H18N4/c1-12-9-18(7-5-17-12)10-13-11-19-6-3-2-4-15(19)14(13)8-16/h2-4,6,11-12,17H,5,7,9-10H2,1H3. The minimum Gasteiger partial charge on any atom is -0.322 e. The van der Waals surface area contributed by atoms with Crippen molar-refractivity contribution in [2.24, 2.45) is 0 Å². The Balaban J connectivity index is 1.90. The third kappa shape index (κ3) is 2.35. The van der Waals surface area contributed by atoms with Gasteiger partial charge in [-0.15, -0.1) is 0 Å². The van der Waals surface area contributed by atoms with Crippen molar-refractivity contribution in [3.05, 3.63) is 41.7 Å². The summed E-state index contributed by atoms with van der Waals surface area (Å²) in [5, 5.41) is 12.8. The molecule has 19 heavy (non-hydrogen) atoms. The van der Waals surface area contributed by atoms with E-state index < -0.39 is 0 Å². The number of nitriles is 1. The summed E-state index contributed by atoms with van der Waals surface area (Å²) in [6.45, 7) is 6.17. The average Bonchev–Trinajstić information content (AvgIpc) is 2.75. The Bertz CT molecular complexity index is 623. The van der Waals surface area contributed by atoms with Gasteiger partial charge in [-0.25, -0.2) is 0 Å². The summed E-state index contributed by atoms with van der Waals surface area (Å²) >= 11 is 0. The molecule has 3 rings (SSSR count). The van der Waals surface area contributed by atoms with Crippen LogP contribution in [0, 0.1) is 11.3 Å². The van der Waals surface area contributed by atoms with Crippen LogP contribution in [0.3, 0.4) is 0 Å². The molecule has 0 aromatic carbocycles. The van der Waals surface area contributed by atoms with E-state index in [1.165, 1.54) is 0 Å². The largest absolute Gasteiger partial charge is 0.322 e. The average molecular weight is 254 g/mol. The van der Waals surface area contributed by atoms with Gasteiger partial charge < -0.3 is 9.72 Å². The molecule has 3 heterocycles. The summed E-state index contributed by atoms with van der Waals surface area (Å²) in [5.74, 6) is 0. The lowest BCUT2D eigenvalue weighted by Gasteiger charge is -2.31. The van der Waals surface area contributed by atoms with E-state index in [2.05, 4.69) is 29.4 Å². The van der Waals surface area contributed by atoms with Crippen LogP contribution >= 0.6 is 0 Å². The molecule has 98 valence electrons. The topological polar surface area (TPSA) is 43.5 Å². The molecule has 1 N–H and O–H groups in total. The van der Waals surface area contributed by atoms with Gasteiger partial charge in [0.15, 0.2) is 0 Å². The zero-order valence-electron chi connectivity index (χ0n) is 11.1. The smallest absolute Gasteiger partial charge is 0.102 e. The van der Waals surface area contributed by atoms with Gasteiger partial charge in [0.25, 0.3) is 0 Å². The van der Waals surface area contributed by atoms with Gasteiger partial charge >= 0.3 is 0 Å². The fraction of sp³-hybridized carbons (Fsp3) is 0.400. The highest BCUT2D eigenvalue weighted by atomic mass is 15.2. The molecule has 1 unspecified atom stereocenters. The van der Waals surface area contributed by atoms with E-state index in [1.54, 1.807) is 0 Å². The highest BCUT2D eigenvalue weighted by Crippen LogP contribution is 2.19. The van der Waals surface area contributed by atoms with Crippen molar-refractivity contribution in [2.45, 2.75) is 19.5 Å². The zero-order valence-corrected chi connectivity index (χ0v) is 11.1. The van der Waals surface area contributed by atoms with E-state index in [4.69, 9.17) is 0 Å². The van der Waals surface area contributed by atoms with Gasteiger partial charge in [0.2, 0.25) is 0 Å². The number of aromatic nitrogens is 1. The summed E-state index contributed by atoms with van der Waals surface area (Å²) in [6.07, 6.45) is 4.08. The third-order valence-corrected chi connectivity index (χ3v) is 3.72. The van der Waals surface area contributed by atoms with Crippen molar-refractivity contribution in [2.75, 3.05) is 19.6 Å². The molecule has 2 aromatic rings. The van der Waals surface area contributed by atoms with E-state index in [-0.39, 0.29) is 0 Å². The molecule has 1 aliphatic rings. The van der Waals surface area contributed by atoms with Crippen molar-refractivity contribution >= 4 is 5.52 Å². The molecular weight excluding hydrogens is 236 g/mol. The van der Waals surface area contributed by atoms with Crippen LogP contribution in [0.4, 0.5) is 0 Å². The van der Waals surface area contributed by atoms with Crippen LogP contribution in [0.2, 0.25) is 0 Å². The van der Waals surface area contributed by atoms with E-state index in [0.29, 0.717) is 6.04 Å². The predicted octanol–water partition coefficient (Wildman–Crippen LogP) is 1.60. The lowest BCUT2D eigenvalue weighted by molar-refractivity contribution is 0.199. The first-order chi connectivity index (χ1) is 9.28. The third-order valence-electron chi connectivity index (χ3n) is 3.72. The minimum absolute atomic E-state index is 0.524. The van der Waals surface area contributed by atoms with Crippen LogP contribution in [0.15, 0.2) is 30.6 Å². The second-order valence-corrected chi connectivity index (χ2v) is 5.22. The first-order valence-electron chi connectivity index (χ1n) is 6.72. The van der Waals surface area contributed by atoms with Gasteiger partial charge in [-0.2, -0.15) is 5.26 Å². The predicted molar refractivity (Wildman–Crippen MR) is 74.9 cm³/mol. The van der Waals surface area contributed by atoms with Crippen LogP contribution in [0.25, 0.3) is 5.52 Å². The molecule has 0 bridgehead atoms. The molecular formula is C15H18N4. The number of hydrogen-bond donors (Lipinski definition) is 1. The molecule has 1 fully saturated rings. The van der Waals surface area contributed by atoms with Crippen molar-refractivity contribution in [1.29, 1.82) is 5.26 Å². The maximum Gasteiger partial charge on any atom is 0.102 e. The van der Waals surface area contributed by atoms with Gasteiger partial charge in [0.05, 0.1) is 11.1 Å². The van der Waals surface area contributed by atoms with E-state index in [9.17, 15) is 5.26 Å². The summed E-state index contributed by atoms with van der Waals surface area (Å²) in [7, 11) is 0. The first kappa shape index (κ1) is 12.2. The van der Waals surface area contributed by atoms with Gasteiger partial charge in [-0.3, -0.25) is 4.90 Å². The summed E-state index contributed by atoms with van der Waals surface area (Å²) in [5.41, 5.74) is 2.94. The van der Waals surface area contributed by atoms with Crippen LogP contribution < -0.4 is 5.32 Å². The molecule has 2 aromatic heterocycles. The number of nitrogens with zero attached hydrogens (tertiary/aromatic N) is 3. The van der Waals surface area contributed by atoms with E-state index >= 15 is 0 Å². The van der Waals surface area contributed by atoms with E-state index in [0.717, 1.165) is 42.8 Å². The van der Waals surface area contributed by atoms with Gasteiger partial charge in [0, 0.05) is 50.2 Å². The molecule has 0 aliphatic carbocycles. The lowest BCUT2D eigenvalue weighted by atomic mass is 10.1. The van der Waals surface area contributed by atoms with Crippen molar-refractivity contribution in [3.63, 3.8) is 0 Å². The Hall–Kier alpha value is -1.83. The molecule has 0 saturated carbocycles.